The number of hydrogen-bond acceptors (Lipinski definition) is 2. The molecule has 0 aromatic carbocycles. The smallest absolute Gasteiger partial charge is 0.310 e. The van der Waals surface area contributed by atoms with E-state index in [0.717, 1.165) is 25.8 Å². The summed E-state index contributed by atoms with van der Waals surface area (Å²) in [6.07, 6.45) is 8.53. The zero-order chi connectivity index (χ0) is 13.5. The van der Waals surface area contributed by atoms with Crippen LogP contribution in [0.1, 0.15) is 57.8 Å². The van der Waals surface area contributed by atoms with Gasteiger partial charge in [-0.3, -0.25) is 9.59 Å². The number of carboxylic acids is 1. The van der Waals surface area contributed by atoms with Crippen LogP contribution in [0.25, 0.3) is 0 Å². The summed E-state index contributed by atoms with van der Waals surface area (Å²) in [6.45, 7) is 0.843. The van der Waals surface area contributed by atoms with Crippen molar-refractivity contribution in [1.82, 2.24) is 4.90 Å². The SMILES string of the molecule is O=C(CC1(C(=O)O)CCC1)N1CCCC1C1CCC1. The minimum atomic E-state index is -0.772. The molecule has 3 fully saturated rings. The molecule has 0 radical (unpaired) electrons. The van der Waals surface area contributed by atoms with Crippen molar-refractivity contribution < 1.29 is 14.7 Å². The number of amides is 1. The first-order valence-electron chi connectivity index (χ1n) is 7.65. The maximum Gasteiger partial charge on any atom is 0.310 e. The van der Waals surface area contributed by atoms with Gasteiger partial charge in [0, 0.05) is 19.0 Å². The van der Waals surface area contributed by atoms with Gasteiger partial charge in [0.25, 0.3) is 0 Å². The van der Waals surface area contributed by atoms with Crippen LogP contribution in [0.2, 0.25) is 0 Å². The van der Waals surface area contributed by atoms with E-state index in [1.165, 1.54) is 19.3 Å². The molecule has 0 spiro atoms. The molecular weight excluding hydrogens is 242 g/mol. The zero-order valence-corrected chi connectivity index (χ0v) is 11.4. The number of aliphatic carboxylic acids is 1. The number of carbonyl (C=O) groups excluding carboxylic acids is 1. The molecule has 2 aliphatic carbocycles. The molecule has 19 heavy (non-hydrogen) atoms. The second-order valence-corrected chi connectivity index (χ2v) is 6.60. The molecule has 3 aliphatic rings. The molecule has 1 aliphatic heterocycles. The summed E-state index contributed by atoms with van der Waals surface area (Å²) in [5.74, 6) is 0.0107. The Morgan fingerprint density at radius 3 is 2.32 bits per heavy atom. The number of carboxylic acid groups (broad SMARTS) is 1. The fourth-order valence-electron chi connectivity index (χ4n) is 3.88. The van der Waals surface area contributed by atoms with Crippen LogP contribution in [0.15, 0.2) is 0 Å². The Bertz CT molecular complexity index is 385. The first kappa shape index (κ1) is 12.9. The van der Waals surface area contributed by atoms with Gasteiger partial charge < -0.3 is 10.0 Å². The van der Waals surface area contributed by atoms with E-state index in [9.17, 15) is 14.7 Å². The van der Waals surface area contributed by atoms with Crippen molar-refractivity contribution in [2.24, 2.45) is 11.3 Å². The van der Waals surface area contributed by atoms with Crippen LogP contribution < -0.4 is 0 Å². The van der Waals surface area contributed by atoms with Gasteiger partial charge in [-0.2, -0.15) is 0 Å². The standard InChI is InChI=1S/C15H23NO3/c17-13(10-15(14(18)19)7-3-8-15)16-9-2-6-12(16)11-4-1-5-11/h11-12H,1-10H2,(H,18,19). The molecule has 2 saturated carbocycles. The third kappa shape index (κ3) is 2.15. The summed E-state index contributed by atoms with van der Waals surface area (Å²) in [5, 5.41) is 9.34. The van der Waals surface area contributed by atoms with Crippen molar-refractivity contribution >= 4 is 11.9 Å². The Labute approximate surface area is 114 Å². The predicted octanol–water partition coefficient (Wildman–Crippen LogP) is 2.42. The first-order chi connectivity index (χ1) is 9.12. The van der Waals surface area contributed by atoms with Gasteiger partial charge in [-0.15, -0.1) is 0 Å². The van der Waals surface area contributed by atoms with Crippen molar-refractivity contribution in [3.63, 3.8) is 0 Å². The van der Waals surface area contributed by atoms with E-state index < -0.39 is 11.4 Å². The minimum Gasteiger partial charge on any atom is -0.481 e. The van der Waals surface area contributed by atoms with Gasteiger partial charge in [0.15, 0.2) is 0 Å². The highest BCUT2D eigenvalue weighted by Gasteiger charge is 2.48. The van der Waals surface area contributed by atoms with Crippen LogP contribution in [0.5, 0.6) is 0 Å². The second kappa shape index (κ2) is 4.80. The Morgan fingerprint density at radius 2 is 1.84 bits per heavy atom. The minimum absolute atomic E-state index is 0.0940. The zero-order valence-electron chi connectivity index (χ0n) is 11.4. The highest BCUT2D eigenvalue weighted by molar-refractivity contribution is 5.86. The van der Waals surface area contributed by atoms with Crippen LogP contribution in [-0.2, 0) is 9.59 Å². The van der Waals surface area contributed by atoms with E-state index in [1.54, 1.807) is 0 Å². The van der Waals surface area contributed by atoms with Gasteiger partial charge in [0.2, 0.25) is 5.91 Å². The van der Waals surface area contributed by atoms with Crippen molar-refractivity contribution in [1.29, 1.82) is 0 Å². The quantitative estimate of drug-likeness (QED) is 0.849. The van der Waals surface area contributed by atoms with Crippen molar-refractivity contribution in [2.75, 3.05) is 6.54 Å². The molecule has 1 unspecified atom stereocenters. The number of carbonyl (C=O) groups is 2. The number of nitrogens with zero attached hydrogens (tertiary/aromatic N) is 1. The lowest BCUT2D eigenvalue weighted by atomic mass is 9.66. The topological polar surface area (TPSA) is 57.6 Å². The Morgan fingerprint density at radius 1 is 1.11 bits per heavy atom. The van der Waals surface area contributed by atoms with Crippen LogP contribution in [0.3, 0.4) is 0 Å². The van der Waals surface area contributed by atoms with E-state index in [4.69, 9.17) is 0 Å². The lowest BCUT2D eigenvalue weighted by Crippen LogP contribution is -2.47. The van der Waals surface area contributed by atoms with Crippen LogP contribution >= 0.6 is 0 Å². The summed E-state index contributed by atoms with van der Waals surface area (Å²) in [5.41, 5.74) is -0.732. The van der Waals surface area contributed by atoms with Gasteiger partial charge in [-0.05, 0) is 44.4 Å². The summed E-state index contributed by atoms with van der Waals surface area (Å²) in [4.78, 5) is 25.8. The average molecular weight is 265 g/mol. The third-order valence-electron chi connectivity index (χ3n) is 5.57. The summed E-state index contributed by atoms with van der Waals surface area (Å²) >= 11 is 0. The molecule has 0 bridgehead atoms. The molecule has 0 aromatic rings. The molecule has 1 N–H and O–H groups in total. The predicted molar refractivity (Wildman–Crippen MR) is 70.6 cm³/mol. The van der Waals surface area contributed by atoms with E-state index in [-0.39, 0.29) is 12.3 Å². The second-order valence-electron chi connectivity index (χ2n) is 6.60. The highest BCUT2D eigenvalue weighted by atomic mass is 16.4. The number of rotatable bonds is 4. The summed E-state index contributed by atoms with van der Waals surface area (Å²) < 4.78 is 0. The fourth-order valence-corrected chi connectivity index (χ4v) is 3.88. The Hall–Kier alpha value is -1.06. The van der Waals surface area contributed by atoms with Gasteiger partial charge in [-0.25, -0.2) is 0 Å². The maximum atomic E-state index is 12.5. The molecule has 0 aromatic heterocycles. The highest BCUT2D eigenvalue weighted by Crippen LogP contribution is 2.45. The molecule has 1 amide bonds. The molecule has 3 rings (SSSR count). The Kier molecular flexibility index (Phi) is 3.27. The lowest BCUT2D eigenvalue weighted by molar-refractivity contribution is -0.160. The average Bonchev–Trinajstić information content (AvgIpc) is 2.69. The van der Waals surface area contributed by atoms with Crippen molar-refractivity contribution in [3.8, 4) is 0 Å². The monoisotopic (exact) mass is 265 g/mol. The fraction of sp³-hybridized carbons (Fsp3) is 0.867. The molecule has 4 nitrogen and oxygen atoms in total. The van der Waals surface area contributed by atoms with E-state index in [0.29, 0.717) is 24.8 Å². The summed E-state index contributed by atoms with van der Waals surface area (Å²) in [6, 6.07) is 0.409. The molecule has 1 saturated heterocycles. The lowest BCUT2D eigenvalue weighted by Gasteiger charge is -2.41. The van der Waals surface area contributed by atoms with Crippen LogP contribution in [-0.4, -0.2) is 34.5 Å². The van der Waals surface area contributed by atoms with Crippen LogP contribution in [0, 0.1) is 11.3 Å². The molecule has 106 valence electrons. The molecular formula is C15H23NO3. The maximum absolute atomic E-state index is 12.5. The van der Waals surface area contributed by atoms with Gasteiger partial charge in [0.05, 0.1) is 5.41 Å². The summed E-state index contributed by atoms with van der Waals surface area (Å²) in [7, 11) is 0. The largest absolute Gasteiger partial charge is 0.481 e. The van der Waals surface area contributed by atoms with Crippen LogP contribution in [0.4, 0.5) is 0 Å². The normalized spacial score (nSPS) is 29.7. The van der Waals surface area contributed by atoms with E-state index >= 15 is 0 Å². The molecule has 1 atom stereocenters. The number of hydrogen-bond donors (Lipinski definition) is 1. The Balaban J connectivity index is 1.64. The number of likely N-dealkylation sites (tertiary alicyclic amines) is 1. The van der Waals surface area contributed by atoms with E-state index in [1.807, 2.05) is 4.90 Å². The molecule has 1 heterocycles. The van der Waals surface area contributed by atoms with Crippen molar-refractivity contribution in [3.05, 3.63) is 0 Å². The van der Waals surface area contributed by atoms with Gasteiger partial charge >= 0.3 is 5.97 Å². The van der Waals surface area contributed by atoms with Gasteiger partial charge in [-0.1, -0.05) is 12.8 Å². The van der Waals surface area contributed by atoms with E-state index in [2.05, 4.69) is 0 Å². The first-order valence-corrected chi connectivity index (χ1v) is 7.65. The van der Waals surface area contributed by atoms with Gasteiger partial charge in [0.1, 0.15) is 0 Å². The third-order valence-corrected chi connectivity index (χ3v) is 5.57. The van der Waals surface area contributed by atoms with Crippen molar-refractivity contribution in [2.45, 2.75) is 63.8 Å². The molecule has 4 heteroatoms.